The average molecular weight is 397 g/mol. The Hall–Kier alpha value is -2.49. The summed E-state index contributed by atoms with van der Waals surface area (Å²) in [6, 6.07) is 21.7. The maximum atomic E-state index is 6.23. The maximum Gasteiger partial charge on any atom is 0.148 e. The van der Waals surface area contributed by atoms with Crippen LogP contribution >= 0.6 is 23.2 Å². The zero-order valence-electron chi connectivity index (χ0n) is 14.8. The van der Waals surface area contributed by atoms with Crippen molar-refractivity contribution in [1.82, 2.24) is 9.55 Å². The summed E-state index contributed by atoms with van der Waals surface area (Å²) in [6.07, 6.45) is 0. The first-order chi connectivity index (χ1) is 13.1. The van der Waals surface area contributed by atoms with Crippen LogP contribution in [0.15, 0.2) is 66.7 Å². The number of nitrogens with zero attached hydrogens (tertiary/aromatic N) is 2. The second-order valence-electron chi connectivity index (χ2n) is 6.39. The Kier molecular flexibility index (Phi) is 5.06. The molecule has 5 heteroatoms. The average Bonchev–Trinajstić information content (AvgIpc) is 3.00. The molecule has 0 bridgehead atoms. The molecule has 27 heavy (non-hydrogen) atoms. The minimum Gasteiger partial charge on any atom is -0.484 e. The number of ether oxygens (including phenoxy) is 1. The SMILES string of the molecule is Cc1ccccc1Cn1c(COc2ccc(Cl)cc2Cl)nc2ccccc21. The predicted molar refractivity (Wildman–Crippen MR) is 111 cm³/mol. The summed E-state index contributed by atoms with van der Waals surface area (Å²) in [5.41, 5.74) is 4.54. The number of aryl methyl sites for hydroxylation is 1. The summed E-state index contributed by atoms with van der Waals surface area (Å²) in [6.45, 7) is 3.18. The van der Waals surface area contributed by atoms with Crippen LogP contribution in [-0.4, -0.2) is 9.55 Å². The number of para-hydroxylation sites is 2. The predicted octanol–water partition coefficient (Wildman–Crippen LogP) is 6.28. The van der Waals surface area contributed by atoms with Gasteiger partial charge in [-0.2, -0.15) is 0 Å². The molecule has 0 N–H and O–H groups in total. The summed E-state index contributed by atoms with van der Waals surface area (Å²) >= 11 is 12.2. The van der Waals surface area contributed by atoms with Crippen LogP contribution in [0.2, 0.25) is 10.0 Å². The first-order valence-electron chi connectivity index (χ1n) is 8.68. The third-order valence-corrected chi connectivity index (χ3v) is 5.10. The van der Waals surface area contributed by atoms with E-state index in [9.17, 15) is 0 Å². The second-order valence-corrected chi connectivity index (χ2v) is 7.24. The molecule has 0 saturated carbocycles. The van der Waals surface area contributed by atoms with Crippen LogP contribution in [0.25, 0.3) is 11.0 Å². The minimum absolute atomic E-state index is 0.321. The molecule has 0 fully saturated rings. The first-order valence-corrected chi connectivity index (χ1v) is 9.44. The van der Waals surface area contributed by atoms with Gasteiger partial charge in [-0.05, 0) is 48.4 Å². The Morgan fingerprint density at radius 1 is 0.963 bits per heavy atom. The van der Waals surface area contributed by atoms with E-state index in [0.717, 1.165) is 23.4 Å². The van der Waals surface area contributed by atoms with Gasteiger partial charge in [0.15, 0.2) is 0 Å². The topological polar surface area (TPSA) is 27.1 Å². The summed E-state index contributed by atoms with van der Waals surface area (Å²) in [7, 11) is 0. The second kappa shape index (κ2) is 7.63. The normalized spacial score (nSPS) is 11.1. The van der Waals surface area contributed by atoms with E-state index in [1.54, 1.807) is 18.2 Å². The minimum atomic E-state index is 0.321. The lowest BCUT2D eigenvalue weighted by atomic mass is 10.1. The van der Waals surface area contributed by atoms with E-state index in [1.165, 1.54) is 11.1 Å². The fourth-order valence-corrected chi connectivity index (χ4v) is 3.57. The molecule has 0 atom stereocenters. The number of rotatable bonds is 5. The molecule has 4 aromatic rings. The van der Waals surface area contributed by atoms with Crippen LogP contribution in [0.1, 0.15) is 17.0 Å². The molecule has 3 nitrogen and oxygen atoms in total. The fraction of sp³-hybridized carbons (Fsp3) is 0.136. The third-order valence-electron chi connectivity index (χ3n) is 4.57. The van der Waals surface area contributed by atoms with Gasteiger partial charge in [0.1, 0.15) is 18.2 Å². The van der Waals surface area contributed by atoms with Crippen LogP contribution in [0, 0.1) is 6.92 Å². The number of imidazole rings is 1. The lowest BCUT2D eigenvalue weighted by Crippen LogP contribution is -2.09. The molecule has 0 radical (unpaired) electrons. The number of hydrogen-bond donors (Lipinski definition) is 0. The maximum absolute atomic E-state index is 6.23. The van der Waals surface area contributed by atoms with Crippen LogP contribution in [0.3, 0.4) is 0 Å². The van der Waals surface area contributed by atoms with E-state index in [4.69, 9.17) is 32.9 Å². The molecule has 1 heterocycles. The van der Waals surface area contributed by atoms with Gasteiger partial charge in [-0.1, -0.05) is 59.6 Å². The van der Waals surface area contributed by atoms with Gasteiger partial charge < -0.3 is 9.30 Å². The largest absolute Gasteiger partial charge is 0.484 e. The van der Waals surface area contributed by atoms with Gasteiger partial charge in [0.2, 0.25) is 0 Å². The lowest BCUT2D eigenvalue weighted by molar-refractivity contribution is 0.291. The molecule has 136 valence electrons. The van der Waals surface area contributed by atoms with Gasteiger partial charge in [-0.3, -0.25) is 0 Å². The lowest BCUT2D eigenvalue weighted by Gasteiger charge is -2.13. The van der Waals surface area contributed by atoms with E-state index in [0.29, 0.717) is 22.4 Å². The molecular weight excluding hydrogens is 379 g/mol. The van der Waals surface area contributed by atoms with Crippen LogP contribution < -0.4 is 4.74 Å². The van der Waals surface area contributed by atoms with Crippen LogP contribution in [-0.2, 0) is 13.2 Å². The molecule has 0 spiro atoms. The monoisotopic (exact) mass is 396 g/mol. The van der Waals surface area contributed by atoms with Crippen molar-refractivity contribution in [2.75, 3.05) is 0 Å². The van der Waals surface area contributed by atoms with Crippen LogP contribution in [0.5, 0.6) is 5.75 Å². The van der Waals surface area contributed by atoms with Gasteiger partial charge >= 0.3 is 0 Å². The molecule has 1 aromatic heterocycles. The molecule has 4 rings (SSSR count). The highest BCUT2D eigenvalue weighted by atomic mass is 35.5. The van der Waals surface area contributed by atoms with E-state index in [2.05, 4.69) is 41.8 Å². The molecule has 0 aliphatic heterocycles. The first kappa shape index (κ1) is 17.9. The van der Waals surface area contributed by atoms with Gasteiger partial charge in [0.05, 0.1) is 16.1 Å². The van der Waals surface area contributed by atoms with Crippen molar-refractivity contribution in [1.29, 1.82) is 0 Å². The van der Waals surface area contributed by atoms with E-state index in [1.807, 2.05) is 18.2 Å². The molecule has 0 aliphatic carbocycles. The Morgan fingerprint density at radius 3 is 2.56 bits per heavy atom. The summed E-state index contributed by atoms with van der Waals surface area (Å²) in [5.74, 6) is 1.45. The highest BCUT2D eigenvalue weighted by molar-refractivity contribution is 6.35. The highest BCUT2D eigenvalue weighted by Crippen LogP contribution is 2.28. The van der Waals surface area contributed by atoms with Crippen molar-refractivity contribution in [3.05, 3.63) is 93.7 Å². The van der Waals surface area contributed by atoms with Gasteiger partial charge in [-0.15, -0.1) is 0 Å². The van der Waals surface area contributed by atoms with Crippen LogP contribution in [0.4, 0.5) is 0 Å². The quantitative estimate of drug-likeness (QED) is 0.396. The molecule has 0 saturated heterocycles. The number of hydrogen-bond acceptors (Lipinski definition) is 2. The Morgan fingerprint density at radius 2 is 1.74 bits per heavy atom. The molecule has 0 amide bonds. The molecule has 0 unspecified atom stereocenters. The highest BCUT2D eigenvalue weighted by Gasteiger charge is 2.13. The Bertz CT molecular complexity index is 1100. The number of fused-ring (bicyclic) bond motifs is 1. The summed E-state index contributed by atoms with van der Waals surface area (Å²) < 4.78 is 8.14. The number of aromatic nitrogens is 2. The van der Waals surface area contributed by atoms with E-state index < -0.39 is 0 Å². The summed E-state index contributed by atoms with van der Waals surface area (Å²) in [4.78, 5) is 4.77. The molecule has 3 aromatic carbocycles. The molecule has 0 aliphatic rings. The zero-order chi connectivity index (χ0) is 18.8. The fourth-order valence-electron chi connectivity index (χ4n) is 3.10. The van der Waals surface area contributed by atoms with E-state index in [-0.39, 0.29) is 0 Å². The van der Waals surface area contributed by atoms with Crippen molar-refractivity contribution in [3.63, 3.8) is 0 Å². The van der Waals surface area contributed by atoms with Gasteiger partial charge in [0.25, 0.3) is 0 Å². The van der Waals surface area contributed by atoms with Gasteiger partial charge in [0, 0.05) is 11.6 Å². The zero-order valence-corrected chi connectivity index (χ0v) is 16.3. The number of halogens is 2. The Balaban J connectivity index is 1.68. The Labute approximate surface area is 168 Å². The molecular formula is C22H18Cl2N2O. The van der Waals surface area contributed by atoms with Crippen molar-refractivity contribution in [2.45, 2.75) is 20.1 Å². The summed E-state index contributed by atoms with van der Waals surface area (Å²) in [5, 5.41) is 1.07. The van der Waals surface area contributed by atoms with Crippen molar-refractivity contribution in [2.24, 2.45) is 0 Å². The number of benzene rings is 3. The third kappa shape index (κ3) is 3.80. The van der Waals surface area contributed by atoms with E-state index >= 15 is 0 Å². The smallest absolute Gasteiger partial charge is 0.148 e. The van der Waals surface area contributed by atoms with Crippen molar-refractivity contribution in [3.8, 4) is 5.75 Å². The standard InChI is InChI=1S/C22H18Cl2N2O/c1-15-6-2-3-7-16(15)13-26-20-9-5-4-8-19(20)25-22(26)14-27-21-11-10-17(23)12-18(21)24/h2-12H,13-14H2,1H3. The van der Waals surface area contributed by atoms with Crippen molar-refractivity contribution >= 4 is 34.2 Å². The van der Waals surface area contributed by atoms with Crippen molar-refractivity contribution < 1.29 is 4.74 Å². The van der Waals surface area contributed by atoms with Gasteiger partial charge in [-0.25, -0.2) is 4.98 Å².